The van der Waals surface area contributed by atoms with Crippen LogP contribution in [0, 0.1) is 19.7 Å². The highest BCUT2D eigenvalue weighted by Crippen LogP contribution is 2.18. The first kappa shape index (κ1) is 16.8. The number of carbonyl (C=O) groups is 1. The number of primary amides is 1. The summed E-state index contributed by atoms with van der Waals surface area (Å²) in [6, 6.07) is 6.27. The van der Waals surface area contributed by atoms with E-state index in [1.54, 1.807) is 18.2 Å². The molecule has 0 spiro atoms. The van der Waals surface area contributed by atoms with Crippen molar-refractivity contribution in [3.8, 4) is 5.69 Å². The number of aryl methyl sites for hydroxylation is 3. The van der Waals surface area contributed by atoms with Crippen molar-refractivity contribution >= 4 is 5.91 Å². The van der Waals surface area contributed by atoms with Crippen LogP contribution < -0.4 is 5.73 Å². The van der Waals surface area contributed by atoms with Crippen molar-refractivity contribution in [2.45, 2.75) is 33.1 Å². The lowest BCUT2D eigenvalue weighted by atomic mass is 10.1. The smallest absolute Gasteiger partial charge is 0.225 e. The van der Waals surface area contributed by atoms with Gasteiger partial charge in [0.1, 0.15) is 23.1 Å². The molecule has 0 bridgehead atoms. The fourth-order valence-electron chi connectivity index (χ4n) is 2.70. The maximum atomic E-state index is 14.2. The van der Waals surface area contributed by atoms with Crippen LogP contribution in [0.15, 0.2) is 28.8 Å². The van der Waals surface area contributed by atoms with Gasteiger partial charge in [-0.15, -0.1) is 0 Å². The molecular formula is C17H18FN5O2. The minimum atomic E-state index is -0.539. The number of para-hydroxylation sites is 1. The first-order chi connectivity index (χ1) is 12.0. The number of nitrogens with zero attached hydrogens (tertiary/aromatic N) is 4. The van der Waals surface area contributed by atoms with Crippen molar-refractivity contribution in [2.24, 2.45) is 5.73 Å². The summed E-state index contributed by atoms with van der Waals surface area (Å²) in [5, 5.41) is 8.18. The van der Waals surface area contributed by atoms with Crippen LogP contribution in [0.2, 0.25) is 0 Å². The average Bonchev–Trinajstić information content (AvgIpc) is 3.09. The number of carbonyl (C=O) groups excluding carboxylic acids is 1. The van der Waals surface area contributed by atoms with Crippen molar-refractivity contribution in [3.05, 3.63) is 58.7 Å². The molecule has 130 valence electrons. The van der Waals surface area contributed by atoms with E-state index in [2.05, 4.69) is 15.2 Å². The summed E-state index contributed by atoms with van der Waals surface area (Å²) < 4.78 is 20.7. The minimum Gasteiger partial charge on any atom is -0.369 e. The number of halogens is 1. The molecule has 3 aromatic rings. The Hall–Kier alpha value is -3.03. The highest BCUT2D eigenvalue weighted by atomic mass is 19.1. The van der Waals surface area contributed by atoms with Crippen molar-refractivity contribution in [3.63, 3.8) is 0 Å². The molecule has 0 atom stereocenters. The molecule has 0 unspecified atom stereocenters. The summed E-state index contributed by atoms with van der Waals surface area (Å²) >= 11 is 0. The average molecular weight is 343 g/mol. The lowest BCUT2D eigenvalue weighted by molar-refractivity contribution is -0.117. The quantitative estimate of drug-likeness (QED) is 0.736. The number of hydrogen-bond acceptors (Lipinski definition) is 5. The van der Waals surface area contributed by atoms with Gasteiger partial charge in [-0.2, -0.15) is 5.10 Å². The Morgan fingerprint density at radius 1 is 1.28 bits per heavy atom. The molecule has 0 aliphatic heterocycles. The molecule has 3 rings (SSSR count). The summed E-state index contributed by atoms with van der Waals surface area (Å²) in [6.45, 7) is 3.71. The fourth-order valence-corrected chi connectivity index (χ4v) is 2.70. The van der Waals surface area contributed by atoms with Crippen LogP contribution in [0.3, 0.4) is 0 Å². The van der Waals surface area contributed by atoms with Gasteiger partial charge in [-0.1, -0.05) is 17.3 Å². The third-order valence-corrected chi connectivity index (χ3v) is 3.91. The highest BCUT2D eigenvalue weighted by molar-refractivity contribution is 5.75. The molecule has 1 amide bonds. The van der Waals surface area contributed by atoms with Gasteiger partial charge in [-0.25, -0.2) is 14.1 Å². The number of aromatic nitrogens is 4. The second-order valence-corrected chi connectivity index (χ2v) is 5.75. The molecule has 25 heavy (non-hydrogen) atoms. The van der Waals surface area contributed by atoms with E-state index in [-0.39, 0.29) is 17.9 Å². The third-order valence-electron chi connectivity index (χ3n) is 3.91. The van der Waals surface area contributed by atoms with Crippen LogP contribution in [0.4, 0.5) is 4.39 Å². The Balaban J connectivity index is 1.95. The number of benzene rings is 1. The zero-order valence-corrected chi connectivity index (χ0v) is 14.0. The van der Waals surface area contributed by atoms with Gasteiger partial charge in [0.05, 0.1) is 12.1 Å². The van der Waals surface area contributed by atoms with Gasteiger partial charge in [0.2, 0.25) is 5.91 Å². The summed E-state index contributed by atoms with van der Waals surface area (Å²) in [7, 11) is 0. The fraction of sp³-hybridized carbons (Fsp3) is 0.294. The molecule has 0 aliphatic rings. The summed E-state index contributed by atoms with van der Waals surface area (Å²) in [5.41, 5.74) is 7.30. The van der Waals surface area contributed by atoms with Gasteiger partial charge in [-0.3, -0.25) is 4.79 Å². The molecule has 0 radical (unpaired) electrons. The number of amides is 1. The molecule has 0 fully saturated rings. The van der Waals surface area contributed by atoms with Crippen LogP contribution >= 0.6 is 0 Å². The standard InChI is InChI=1S/C17H18FN5O2/c1-10-12(11(2)25-22-10)7-8-17-20-16(9-15(19)24)21-23(17)14-6-4-3-5-13(14)18/h3-6H,7-9H2,1-2H3,(H2,19,24). The first-order valence-corrected chi connectivity index (χ1v) is 7.85. The van der Waals surface area contributed by atoms with Crippen molar-refractivity contribution in [2.75, 3.05) is 0 Å². The Morgan fingerprint density at radius 3 is 2.68 bits per heavy atom. The number of hydrogen-bond donors (Lipinski definition) is 1. The Labute approximate surface area is 143 Å². The molecule has 2 N–H and O–H groups in total. The summed E-state index contributed by atoms with van der Waals surface area (Å²) in [4.78, 5) is 15.5. The predicted molar refractivity (Wildman–Crippen MR) is 87.6 cm³/mol. The second kappa shape index (κ2) is 6.84. The topological polar surface area (TPSA) is 99.8 Å². The van der Waals surface area contributed by atoms with E-state index in [0.717, 1.165) is 17.0 Å². The normalized spacial score (nSPS) is 11.0. The van der Waals surface area contributed by atoms with E-state index in [4.69, 9.17) is 10.3 Å². The maximum Gasteiger partial charge on any atom is 0.225 e. The maximum absolute atomic E-state index is 14.2. The van der Waals surface area contributed by atoms with E-state index >= 15 is 0 Å². The number of nitrogens with two attached hydrogens (primary N) is 1. The van der Waals surface area contributed by atoms with E-state index in [9.17, 15) is 9.18 Å². The van der Waals surface area contributed by atoms with Gasteiger partial charge in [0, 0.05) is 12.0 Å². The zero-order valence-electron chi connectivity index (χ0n) is 14.0. The third kappa shape index (κ3) is 3.57. The summed E-state index contributed by atoms with van der Waals surface area (Å²) in [6.07, 6.45) is 1.01. The largest absolute Gasteiger partial charge is 0.369 e. The van der Waals surface area contributed by atoms with Crippen molar-refractivity contribution in [1.82, 2.24) is 19.9 Å². The van der Waals surface area contributed by atoms with Gasteiger partial charge in [0.15, 0.2) is 5.82 Å². The first-order valence-electron chi connectivity index (χ1n) is 7.85. The predicted octanol–water partition coefficient (Wildman–Crippen LogP) is 1.82. The minimum absolute atomic E-state index is 0.0974. The molecule has 0 saturated carbocycles. The van der Waals surface area contributed by atoms with Crippen molar-refractivity contribution in [1.29, 1.82) is 0 Å². The molecule has 0 aliphatic carbocycles. The van der Waals surface area contributed by atoms with Gasteiger partial charge >= 0.3 is 0 Å². The van der Waals surface area contributed by atoms with Crippen LogP contribution in [0.5, 0.6) is 0 Å². The van der Waals surface area contributed by atoms with Crippen LogP contribution in [-0.4, -0.2) is 25.8 Å². The zero-order chi connectivity index (χ0) is 18.0. The van der Waals surface area contributed by atoms with Gasteiger partial charge in [0.25, 0.3) is 0 Å². The molecule has 8 heteroatoms. The summed E-state index contributed by atoms with van der Waals surface area (Å²) in [5.74, 6) is 0.595. The van der Waals surface area contributed by atoms with Crippen molar-refractivity contribution < 1.29 is 13.7 Å². The lowest BCUT2D eigenvalue weighted by Crippen LogP contribution is -2.14. The monoisotopic (exact) mass is 343 g/mol. The Bertz CT molecular complexity index is 896. The van der Waals surface area contributed by atoms with E-state index < -0.39 is 11.7 Å². The Morgan fingerprint density at radius 2 is 2.04 bits per heavy atom. The van der Waals surface area contributed by atoms with Crippen LogP contribution in [0.25, 0.3) is 5.69 Å². The Kier molecular flexibility index (Phi) is 4.60. The molecular weight excluding hydrogens is 325 g/mol. The molecule has 2 heterocycles. The SMILES string of the molecule is Cc1noc(C)c1CCc1nc(CC(N)=O)nn1-c1ccccc1F. The van der Waals surface area contributed by atoms with Gasteiger partial charge in [-0.05, 0) is 32.4 Å². The molecule has 2 aromatic heterocycles. The van der Waals surface area contributed by atoms with Gasteiger partial charge < -0.3 is 10.3 Å². The highest BCUT2D eigenvalue weighted by Gasteiger charge is 2.17. The van der Waals surface area contributed by atoms with E-state index in [1.807, 2.05) is 13.8 Å². The van der Waals surface area contributed by atoms with E-state index in [0.29, 0.717) is 18.7 Å². The second-order valence-electron chi connectivity index (χ2n) is 5.75. The van der Waals surface area contributed by atoms with Crippen LogP contribution in [-0.2, 0) is 24.1 Å². The van der Waals surface area contributed by atoms with E-state index in [1.165, 1.54) is 10.7 Å². The number of rotatable bonds is 6. The molecule has 7 nitrogen and oxygen atoms in total. The molecule has 1 aromatic carbocycles. The lowest BCUT2D eigenvalue weighted by Gasteiger charge is -2.06. The molecule has 0 saturated heterocycles. The van der Waals surface area contributed by atoms with Crippen LogP contribution in [0.1, 0.15) is 28.7 Å².